The number of nitrogens with two attached hydrogens (primary N) is 1. The maximum Gasteiger partial charge on any atom is 0.228 e. The van der Waals surface area contributed by atoms with Crippen molar-refractivity contribution < 1.29 is 9.26 Å². The predicted molar refractivity (Wildman–Crippen MR) is 66.7 cm³/mol. The number of ether oxygens (including phenoxy) is 1. The Morgan fingerprint density at radius 3 is 2.94 bits per heavy atom. The molecule has 0 aliphatic rings. The Hall–Kier alpha value is -1.40. The first-order chi connectivity index (χ1) is 8.24. The van der Waals surface area contributed by atoms with Crippen molar-refractivity contribution in [2.45, 2.75) is 6.42 Å². The molecule has 0 spiro atoms. The molecule has 0 bridgehead atoms. The minimum atomic E-state index is 0.494. The number of nitrogens with zero attached hydrogens (tertiary/aromatic N) is 2. The molecular formula is C11H12BrN3O2. The molecule has 1 aromatic heterocycles. The van der Waals surface area contributed by atoms with E-state index in [1.807, 2.05) is 18.2 Å². The number of hydrogen-bond donors (Lipinski definition) is 1. The monoisotopic (exact) mass is 297 g/mol. The van der Waals surface area contributed by atoms with Crippen molar-refractivity contribution in [3.63, 3.8) is 0 Å². The maximum absolute atomic E-state index is 5.42. The van der Waals surface area contributed by atoms with Gasteiger partial charge in [0.1, 0.15) is 5.75 Å². The summed E-state index contributed by atoms with van der Waals surface area (Å²) >= 11 is 3.41. The van der Waals surface area contributed by atoms with Crippen LogP contribution in [0.2, 0.25) is 0 Å². The zero-order chi connectivity index (χ0) is 12.3. The van der Waals surface area contributed by atoms with E-state index in [9.17, 15) is 0 Å². The van der Waals surface area contributed by atoms with E-state index in [0.29, 0.717) is 24.7 Å². The summed E-state index contributed by atoms with van der Waals surface area (Å²) in [6.45, 7) is 0.494. The maximum atomic E-state index is 5.42. The van der Waals surface area contributed by atoms with Crippen LogP contribution in [0, 0.1) is 0 Å². The molecule has 0 atom stereocenters. The van der Waals surface area contributed by atoms with Gasteiger partial charge >= 0.3 is 0 Å². The third kappa shape index (κ3) is 2.65. The van der Waals surface area contributed by atoms with E-state index >= 15 is 0 Å². The molecule has 0 saturated heterocycles. The zero-order valence-corrected chi connectivity index (χ0v) is 10.9. The fourth-order valence-corrected chi connectivity index (χ4v) is 1.94. The summed E-state index contributed by atoms with van der Waals surface area (Å²) in [6.07, 6.45) is 0.588. The summed E-state index contributed by atoms with van der Waals surface area (Å²) in [5.74, 6) is 1.87. The molecule has 90 valence electrons. The van der Waals surface area contributed by atoms with Gasteiger partial charge in [-0.3, -0.25) is 0 Å². The van der Waals surface area contributed by atoms with Crippen LogP contribution >= 0.6 is 15.9 Å². The standard InChI is InChI=1S/C11H12BrN3O2/c1-16-9-3-2-7(6-8(9)12)11-14-10(4-5-13)17-15-11/h2-3,6H,4-5,13H2,1H3. The van der Waals surface area contributed by atoms with Crippen LogP contribution < -0.4 is 10.5 Å². The summed E-state index contributed by atoms with van der Waals surface area (Å²) in [4.78, 5) is 4.25. The van der Waals surface area contributed by atoms with Crippen molar-refractivity contribution in [1.82, 2.24) is 10.1 Å². The van der Waals surface area contributed by atoms with Crippen LogP contribution in [0.3, 0.4) is 0 Å². The van der Waals surface area contributed by atoms with Crippen LogP contribution in [0.15, 0.2) is 27.2 Å². The lowest BCUT2D eigenvalue weighted by atomic mass is 10.2. The number of methoxy groups -OCH3 is 1. The lowest BCUT2D eigenvalue weighted by Crippen LogP contribution is -2.02. The Morgan fingerprint density at radius 2 is 2.29 bits per heavy atom. The van der Waals surface area contributed by atoms with Gasteiger partial charge < -0.3 is 15.0 Å². The molecule has 0 amide bonds. The molecule has 6 heteroatoms. The molecule has 0 aliphatic heterocycles. The minimum Gasteiger partial charge on any atom is -0.496 e. The summed E-state index contributed by atoms with van der Waals surface area (Å²) in [5, 5.41) is 3.90. The van der Waals surface area contributed by atoms with Gasteiger partial charge in [0.2, 0.25) is 11.7 Å². The van der Waals surface area contributed by atoms with Gasteiger partial charge in [-0.25, -0.2) is 0 Å². The highest BCUT2D eigenvalue weighted by atomic mass is 79.9. The molecule has 0 unspecified atom stereocenters. The van der Waals surface area contributed by atoms with Gasteiger partial charge in [0.25, 0.3) is 0 Å². The fraction of sp³-hybridized carbons (Fsp3) is 0.273. The molecule has 17 heavy (non-hydrogen) atoms. The molecule has 2 aromatic rings. The lowest BCUT2D eigenvalue weighted by molar-refractivity contribution is 0.380. The highest BCUT2D eigenvalue weighted by molar-refractivity contribution is 9.10. The van der Waals surface area contributed by atoms with Crippen LogP contribution in [-0.2, 0) is 6.42 Å². The molecule has 2 N–H and O–H groups in total. The molecule has 2 rings (SSSR count). The fourth-order valence-electron chi connectivity index (χ4n) is 1.40. The average molecular weight is 298 g/mol. The Morgan fingerprint density at radius 1 is 1.47 bits per heavy atom. The molecular weight excluding hydrogens is 286 g/mol. The Bertz CT molecular complexity index is 513. The van der Waals surface area contributed by atoms with Crippen LogP contribution in [0.5, 0.6) is 5.75 Å². The summed E-state index contributed by atoms with van der Waals surface area (Å²) < 4.78 is 11.1. The molecule has 0 fully saturated rings. The van der Waals surface area contributed by atoms with E-state index in [1.54, 1.807) is 7.11 Å². The highest BCUT2D eigenvalue weighted by Gasteiger charge is 2.10. The number of benzene rings is 1. The number of halogens is 1. The topological polar surface area (TPSA) is 74.2 Å². The van der Waals surface area contributed by atoms with Gasteiger partial charge in [-0.1, -0.05) is 5.16 Å². The first-order valence-corrected chi connectivity index (χ1v) is 5.90. The average Bonchev–Trinajstić information content (AvgIpc) is 2.78. The van der Waals surface area contributed by atoms with Gasteiger partial charge in [0.15, 0.2) is 0 Å². The second-order valence-electron chi connectivity index (χ2n) is 3.40. The first kappa shape index (κ1) is 12.1. The number of rotatable bonds is 4. The van der Waals surface area contributed by atoms with Gasteiger partial charge in [-0.05, 0) is 34.1 Å². The lowest BCUT2D eigenvalue weighted by Gasteiger charge is -2.03. The van der Waals surface area contributed by atoms with Crippen molar-refractivity contribution in [3.8, 4) is 17.1 Å². The van der Waals surface area contributed by atoms with Crippen LogP contribution in [0.1, 0.15) is 5.89 Å². The molecule has 0 radical (unpaired) electrons. The quantitative estimate of drug-likeness (QED) is 0.934. The normalized spacial score (nSPS) is 10.5. The van der Waals surface area contributed by atoms with Gasteiger partial charge in [-0.2, -0.15) is 4.98 Å². The summed E-state index contributed by atoms with van der Waals surface area (Å²) in [5.41, 5.74) is 6.28. The Balaban J connectivity index is 2.29. The Labute approximate surface area is 107 Å². The molecule has 1 aromatic carbocycles. The van der Waals surface area contributed by atoms with Crippen molar-refractivity contribution in [1.29, 1.82) is 0 Å². The van der Waals surface area contributed by atoms with E-state index in [-0.39, 0.29) is 0 Å². The van der Waals surface area contributed by atoms with Gasteiger partial charge in [0, 0.05) is 18.5 Å². The summed E-state index contributed by atoms with van der Waals surface area (Å²) in [6, 6.07) is 5.61. The van der Waals surface area contributed by atoms with Crippen molar-refractivity contribution in [2.75, 3.05) is 13.7 Å². The SMILES string of the molecule is COc1ccc(-c2noc(CCN)n2)cc1Br. The van der Waals surface area contributed by atoms with E-state index in [0.717, 1.165) is 15.8 Å². The number of aromatic nitrogens is 2. The largest absolute Gasteiger partial charge is 0.496 e. The van der Waals surface area contributed by atoms with Crippen molar-refractivity contribution in [3.05, 3.63) is 28.6 Å². The van der Waals surface area contributed by atoms with E-state index in [2.05, 4.69) is 26.1 Å². The second-order valence-corrected chi connectivity index (χ2v) is 4.25. The number of hydrogen-bond acceptors (Lipinski definition) is 5. The van der Waals surface area contributed by atoms with Gasteiger partial charge in [0.05, 0.1) is 11.6 Å². The van der Waals surface area contributed by atoms with Crippen molar-refractivity contribution in [2.24, 2.45) is 5.73 Å². The second kappa shape index (κ2) is 5.29. The van der Waals surface area contributed by atoms with Crippen LogP contribution in [-0.4, -0.2) is 23.8 Å². The van der Waals surface area contributed by atoms with E-state index < -0.39 is 0 Å². The zero-order valence-electron chi connectivity index (χ0n) is 9.31. The van der Waals surface area contributed by atoms with Crippen molar-refractivity contribution >= 4 is 15.9 Å². The third-order valence-corrected chi connectivity index (χ3v) is 2.86. The summed E-state index contributed by atoms with van der Waals surface area (Å²) in [7, 11) is 1.62. The van der Waals surface area contributed by atoms with E-state index in [4.69, 9.17) is 15.0 Å². The van der Waals surface area contributed by atoms with Crippen LogP contribution in [0.25, 0.3) is 11.4 Å². The molecule has 1 heterocycles. The third-order valence-electron chi connectivity index (χ3n) is 2.24. The molecule has 0 saturated carbocycles. The predicted octanol–water partition coefficient (Wildman–Crippen LogP) is 2.01. The molecule has 0 aliphatic carbocycles. The smallest absolute Gasteiger partial charge is 0.228 e. The minimum absolute atomic E-state index is 0.494. The Kier molecular flexibility index (Phi) is 3.75. The molecule has 5 nitrogen and oxygen atoms in total. The highest BCUT2D eigenvalue weighted by Crippen LogP contribution is 2.29. The van der Waals surface area contributed by atoms with Crippen LogP contribution in [0.4, 0.5) is 0 Å². The first-order valence-electron chi connectivity index (χ1n) is 5.11. The van der Waals surface area contributed by atoms with Gasteiger partial charge in [-0.15, -0.1) is 0 Å². The van der Waals surface area contributed by atoms with E-state index in [1.165, 1.54) is 0 Å².